The number of aromatic amines is 1. The Morgan fingerprint density at radius 1 is 0.923 bits per heavy atom. The average molecular weight is 337 g/mol. The lowest BCUT2D eigenvalue weighted by Crippen LogP contribution is -2.21. The van der Waals surface area contributed by atoms with Crippen LogP contribution in [-0.4, -0.2) is 4.98 Å². The number of H-pyrrole nitrogens is 1. The van der Waals surface area contributed by atoms with Crippen molar-refractivity contribution in [2.75, 3.05) is 0 Å². The highest BCUT2D eigenvalue weighted by atomic mass is 16.5. The summed E-state index contributed by atoms with van der Waals surface area (Å²) in [6.07, 6.45) is 0. The Kier molecular flexibility index (Phi) is 3.04. The quantitative estimate of drug-likeness (QED) is 0.535. The zero-order valence-corrected chi connectivity index (χ0v) is 13.9. The van der Waals surface area contributed by atoms with Gasteiger partial charge in [-0.2, -0.15) is 5.26 Å². The molecule has 4 heteroatoms. The highest BCUT2D eigenvalue weighted by Gasteiger charge is 2.32. The molecule has 0 bridgehead atoms. The Balaban J connectivity index is 1.87. The van der Waals surface area contributed by atoms with Crippen LogP contribution in [0.2, 0.25) is 0 Å². The first kappa shape index (κ1) is 14.6. The Morgan fingerprint density at radius 2 is 1.69 bits per heavy atom. The Bertz CT molecular complexity index is 1230. The van der Waals surface area contributed by atoms with Crippen molar-refractivity contribution in [3.05, 3.63) is 89.3 Å². The summed E-state index contributed by atoms with van der Waals surface area (Å²) in [5.41, 5.74) is 10.6. The maximum Gasteiger partial charge on any atom is 0.205 e. The van der Waals surface area contributed by atoms with Crippen molar-refractivity contribution in [2.24, 2.45) is 5.73 Å². The molecule has 2 heterocycles. The van der Waals surface area contributed by atoms with E-state index in [9.17, 15) is 5.26 Å². The van der Waals surface area contributed by atoms with Crippen molar-refractivity contribution >= 4 is 21.8 Å². The van der Waals surface area contributed by atoms with Crippen LogP contribution < -0.4 is 10.5 Å². The predicted octanol–water partition coefficient (Wildman–Crippen LogP) is 4.54. The molecule has 0 saturated heterocycles. The molecule has 3 N–H and O–H groups in total. The lowest BCUT2D eigenvalue weighted by Gasteiger charge is -2.27. The lowest BCUT2D eigenvalue weighted by molar-refractivity contribution is 0.399. The molecule has 4 nitrogen and oxygen atoms in total. The van der Waals surface area contributed by atoms with E-state index in [0.717, 1.165) is 38.7 Å². The van der Waals surface area contributed by atoms with Crippen molar-refractivity contribution < 1.29 is 4.74 Å². The van der Waals surface area contributed by atoms with E-state index in [-0.39, 0.29) is 11.8 Å². The number of nitrogens with one attached hydrogen (secondary N) is 1. The van der Waals surface area contributed by atoms with Gasteiger partial charge in [-0.15, -0.1) is 0 Å². The average Bonchev–Trinajstić information content (AvgIpc) is 3.06. The van der Waals surface area contributed by atoms with Gasteiger partial charge in [-0.05, 0) is 17.7 Å². The van der Waals surface area contributed by atoms with Crippen LogP contribution in [0.1, 0.15) is 17.0 Å². The molecule has 0 aliphatic carbocycles. The molecule has 0 radical (unpaired) electrons. The smallest absolute Gasteiger partial charge is 0.205 e. The van der Waals surface area contributed by atoms with Crippen LogP contribution in [0.3, 0.4) is 0 Å². The summed E-state index contributed by atoms with van der Waals surface area (Å²) in [5.74, 6) is 0.667. The summed E-state index contributed by atoms with van der Waals surface area (Å²) < 4.78 is 5.98. The number of hydrogen-bond donors (Lipinski definition) is 2. The number of allylic oxidation sites excluding steroid dienone is 1. The van der Waals surface area contributed by atoms with E-state index in [0.29, 0.717) is 5.57 Å². The number of benzene rings is 3. The SMILES string of the molecule is N#CC1=C(N)Oc2c(ccc3[nH]c4ccccc4c23)C1c1ccccc1. The fourth-order valence-corrected chi connectivity index (χ4v) is 3.84. The minimum absolute atomic E-state index is 0.173. The van der Waals surface area contributed by atoms with Crippen LogP contribution >= 0.6 is 0 Å². The van der Waals surface area contributed by atoms with Crippen molar-refractivity contribution in [1.29, 1.82) is 5.26 Å². The van der Waals surface area contributed by atoms with Gasteiger partial charge in [0.25, 0.3) is 0 Å². The number of fused-ring (bicyclic) bond motifs is 5. The van der Waals surface area contributed by atoms with E-state index in [1.807, 2.05) is 60.7 Å². The fourth-order valence-electron chi connectivity index (χ4n) is 3.84. The third-order valence-electron chi connectivity index (χ3n) is 4.98. The number of hydrogen-bond acceptors (Lipinski definition) is 3. The topological polar surface area (TPSA) is 74.8 Å². The zero-order chi connectivity index (χ0) is 17.7. The van der Waals surface area contributed by atoms with Gasteiger partial charge in [0, 0.05) is 16.5 Å². The number of rotatable bonds is 1. The van der Waals surface area contributed by atoms with E-state index in [4.69, 9.17) is 10.5 Å². The van der Waals surface area contributed by atoms with Crippen LogP contribution in [0.15, 0.2) is 78.2 Å². The minimum atomic E-state index is -0.233. The molecular weight excluding hydrogens is 322 g/mol. The summed E-state index contributed by atoms with van der Waals surface area (Å²) >= 11 is 0. The second-order valence-corrected chi connectivity index (χ2v) is 6.41. The standard InChI is InChI=1S/C22H15N3O/c23-12-16-19(13-6-2-1-3-7-13)15-10-11-18-20(21(15)26-22(16)24)14-8-4-5-9-17(14)25-18/h1-11,19,25H,24H2. The van der Waals surface area contributed by atoms with E-state index in [1.165, 1.54) is 0 Å². The van der Waals surface area contributed by atoms with Crippen LogP contribution in [0.25, 0.3) is 21.8 Å². The first-order valence-corrected chi connectivity index (χ1v) is 8.44. The van der Waals surface area contributed by atoms with E-state index >= 15 is 0 Å². The van der Waals surface area contributed by atoms with Crippen LogP contribution in [0.5, 0.6) is 5.75 Å². The fraction of sp³-hybridized carbons (Fsp3) is 0.0455. The highest BCUT2D eigenvalue weighted by Crippen LogP contribution is 2.46. The molecule has 124 valence electrons. The summed E-state index contributed by atoms with van der Waals surface area (Å²) in [6.45, 7) is 0. The van der Waals surface area contributed by atoms with Gasteiger partial charge in [0.2, 0.25) is 5.88 Å². The Hall–Kier alpha value is -3.71. The second-order valence-electron chi connectivity index (χ2n) is 6.41. The normalized spacial score (nSPS) is 16.3. The summed E-state index contributed by atoms with van der Waals surface area (Å²) in [4.78, 5) is 3.42. The van der Waals surface area contributed by atoms with Gasteiger partial charge in [0.15, 0.2) is 0 Å². The van der Waals surface area contributed by atoms with Crippen LogP contribution in [-0.2, 0) is 0 Å². The molecule has 0 amide bonds. The monoisotopic (exact) mass is 337 g/mol. The first-order valence-electron chi connectivity index (χ1n) is 8.44. The highest BCUT2D eigenvalue weighted by molar-refractivity contribution is 6.11. The number of nitriles is 1. The molecule has 1 atom stereocenters. The summed E-state index contributed by atoms with van der Waals surface area (Å²) in [7, 11) is 0. The van der Waals surface area contributed by atoms with Crippen molar-refractivity contribution in [3.8, 4) is 11.8 Å². The van der Waals surface area contributed by atoms with Gasteiger partial charge in [-0.25, -0.2) is 0 Å². The molecule has 1 unspecified atom stereocenters. The minimum Gasteiger partial charge on any atom is -0.439 e. The Morgan fingerprint density at radius 3 is 2.50 bits per heavy atom. The number of para-hydroxylation sites is 1. The molecule has 0 spiro atoms. The zero-order valence-electron chi connectivity index (χ0n) is 13.9. The second kappa shape index (κ2) is 5.40. The molecular formula is C22H15N3O. The molecule has 0 saturated carbocycles. The number of aromatic nitrogens is 1. The predicted molar refractivity (Wildman–Crippen MR) is 102 cm³/mol. The van der Waals surface area contributed by atoms with E-state index in [2.05, 4.69) is 17.1 Å². The van der Waals surface area contributed by atoms with Gasteiger partial charge < -0.3 is 15.5 Å². The van der Waals surface area contributed by atoms with Crippen LogP contribution in [0.4, 0.5) is 0 Å². The third-order valence-corrected chi connectivity index (χ3v) is 4.98. The molecule has 1 aliphatic heterocycles. The maximum atomic E-state index is 9.69. The van der Waals surface area contributed by atoms with E-state index in [1.54, 1.807) is 0 Å². The molecule has 1 aromatic heterocycles. The van der Waals surface area contributed by atoms with Crippen LogP contribution in [0, 0.1) is 11.3 Å². The van der Waals surface area contributed by atoms with Crippen molar-refractivity contribution in [1.82, 2.24) is 4.98 Å². The molecule has 4 aromatic rings. The molecule has 0 fully saturated rings. The van der Waals surface area contributed by atoms with Gasteiger partial charge in [-0.3, -0.25) is 0 Å². The number of nitrogens with two attached hydrogens (primary N) is 1. The van der Waals surface area contributed by atoms with Gasteiger partial charge in [-0.1, -0.05) is 54.6 Å². The Labute approximate surface area is 150 Å². The number of ether oxygens (including phenoxy) is 1. The van der Waals surface area contributed by atoms with Crippen molar-refractivity contribution in [2.45, 2.75) is 5.92 Å². The maximum absolute atomic E-state index is 9.69. The summed E-state index contributed by atoms with van der Waals surface area (Å²) in [5, 5.41) is 11.8. The summed E-state index contributed by atoms with van der Waals surface area (Å²) in [6, 6.07) is 24.4. The van der Waals surface area contributed by atoms with Crippen molar-refractivity contribution in [3.63, 3.8) is 0 Å². The molecule has 26 heavy (non-hydrogen) atoms. The molecule has 3 aromatic carbocycles. The van der Waals surface area contributed by atoms with Gasteiger partial charge in [0.05, 0.1) is 16.8 Å². The lowest BCUT2D eigenvalue weighted by atomic mass is 9.83. The molecule has 5 rings (SSSR count). The van der Waals surface area contributed by atoms with Gasteiger partial charge >= 0.3 is 0 Å². The van der Waals surface area contributed by atoms with Gasteiger partial charge in [0.1, 0.15) is 17.4 Å². The molecule has 1 aliphatic rings. The number of nitrogens with zero attached hydrogens (tertiary/aromatic N) is 1. The first-order chi connectivity index (χ1) is 12.8. The third kappa shape index (κ3) is 1.95. The largest absolute Gasteiger partial charge is 0.439 e. The van der Waals surface area contributed by atoms with E-state index < -0.39 is 0 Å².